The maximum Gasteiger partial charge on any atom is 0.264 e. The van der Waals surface area contributed by atoms with Gasteiger partial charge in [0.15, 0.2) is 0 Å². The van der Waals surface area contributed by atoms with Gasteiger partial charge in [0.2, 0.25) is 5.88 Å². The molecule has 0 unspecified atom stereocenters. The smallest absolute Gasteiger partial charge is 0.264 e. The number of carbonyl (C=O) groups is 1. The summed E-state index contributed by atoms with van der Waals surface area (Å²) >= 11 is 7.86. The fraction of sp³-hybridized carbons (Fsp3) is 0.586. The van der Waals surface area contributed by atoms with Crippen LogP contribution in [0.2, 0.25) is 5.02 Å². The number of carbonyl (C=O) groups excluding carboxylic acids is 1. The number of benzene rings is 1. The second kappa shape index (κ2) is 11.9. The van der Waals surface area contributed by atoms with Gasteiger partial charge in [-0.2, -0.15) is 0 Å². The molecule has 1 saturated heterocycles. The van der Waals surface area contributed by atoms with Crippen LogP contribution in [0.3, 0.4) is 0 Å². The van der Waals surface area contributed by atoms with Crippen molar-refractivity contribution in [1.29, 1.82) is 0 Å². The molecule has 1 aromatic heterocycles. The largest absolute Gasteiger partial charge is 0.473 e. The lowest BCUT2D eigenvalue weighted by molar-refractivity contribution is 0.0929. The quantitative estimate of drug-likeness (QED) is 0.337. The first-order valence-corrected chi connectivity index (χ1v) is 15.1. The van der Waals surface area contributed by atoms with E-state index in [1.54, 1.807) is 12.1 Å². The van der Waals surface area contributed by atoms with E-state index in [9.17, 15) is 9.18 Å². The molecule has 37 heavy (non-hydrogen) atoms. The SMILES string of the molecule is CC.O=C(NSC1CC1)c1cc(C2CC2)c(CN2CCC(Oc3ncc(C4CC4)cc3Cl)CC2)cc1F. The van der Waals surface area contributed by atoms with Gasteiger partial charge in [0.25, 0.3) is 5.91 Å². The van der Waals surface area contributed by atoms with Gasteiger partial charge in [-0.1, -0.05) is 25.4 Å². The van der Waals surface area contributed by atoms with Gasteiger partial charge in [0.05, 0.1) is 5.56 Å². The third-order valence-electron chi connectivity index (χ3n) is 7.42. The molecule has 4 fully saturated rings. The average molecular weight is 546 g/mol. The van der Waals surface area contributed by atoms with E-state index in [0.29, 0.717) is 34.5 Å². The first-order valence-electron chi connectivity index (χ1n) is 13.9. The van der Waals surface area contributed by atoms with Crippen molar-refractivity contribution in [3.05, 3.63) is 57.5 Å². The van der Waals surface area contributed by atoms with Crippen LogP contribution in [-0.4, -0.2) is 40.2 Å². The molecule has 200 valence electrons. The molecule has 2 aromatic rings. The van der Waals surface area contributed by atoms with Crippen molar-refractivity contribution in [2.45, 2.75) is 94.9 Å². The number of pyridine rings is 1. The predicted molar refractivity (Wildman–Crippen MR) is 148 cm³/mol. The average Bonchev–Trinajstić information content (AvgIpc) is 3.76. The van der Waals surface area contributed by atoms with Gasteiger partial charge in [0.1, 0.15) is 16.9 Å². The number of amides is 1. The highest BCUT2D eigenvalue weighted by molar-refractivity contribution is 7.98. The molecule has 4 aliphatic rings. The zero-order valence-electron chi connectivity index (χ0n) is 21.8. The van der Waals surface area contributed by atoms with E-state index in [2.05, 4.69) is 14.6 Å². The summed E-state index contributed by atoms with van der Waals surface area (Å²) in [6.45, 7) is 6.44. The summed E-state index contributed by atoms with van der Waals surface area (Å²) < 4.78 is 23.9. The number of nitrogens with zero attached hydrogens (tertiary/aromatic N) is 2. The Kier molecular flexibility index (Phi) is 8.62. The summed E-state index contributed by atoms with van der Waals surface area (Å²) in [5.41, 5.74) is 3.53. The Hall–Kier alpha value is -1.83. The Morgan fingerprint density at radius 2 is 1.78 bits per heavy atom. The predicted octanol–water partition coefficient (Wildman–Crippen LogP) is 7.24. The van der Waals surface area contributed by atoms with Gasteiger partial charge >= 0.3 is 0 Å². The van der Waals surface area contributed by atoms with E-state index in [0.717, 1.165) is 62.7 Å². The van der Waals surface area contributed by atoms with Crippen molar-refractivity contribution >= 4 is 29.5 Å². The minimum Gasteiger partial charge on any atom is -0.473 e. The fourth-order valence-electron chi connectivity index (χ4n) is 4.85. The molecule has 0 atom stereocenters. The molecule has 1 aliphatic heterocycles. The van der Waals surface area contributed by atoms with E-state index in [1.807, 2.05) is 26.1 Å². The molecule has 0 bridgehead atoms. The van der Waals surface area contributed by atoms with Crippen LogP contribution in [-0.2, 0) is 6.54 Å². The lowest BCUT2D eigenvalue weighted by Crippen LogP contribution is -2.38. The lowest BCUT2D eigenvalue weighted by atomic mass is 9.97. The minimum atomic E-state index is -0.424. The number of hydrogen-bond acceptors (Lipinski definition) is 5. The number of likely N-dealkylation sites (tertiary alicyclic amines) is 1. The van der Waals surface area contributed by atoms with E-state index in [-0.39, 0.29) is 17.6 Å². The van der Waals surface area contributed by atoms with Crippen molar-refractivity contribution in [1.82, 2.24) is 14.6 Å². The molecule has 0 spiro atoms. The number of rotatable bonds is 9. The standard InChI is InChI=1S/C27H31ClFN3O2S.C2H6/c28-24-11-18(16-1-2-16)14-30-27(24)34-20-7-9-32(10-8-20)15-19-12-25(29)23(13-22(19)17-3-4-17)26(33)31-35-21-5-6-21;1-2/h11-14,16-17,20-21H,1-10,15H2,(H,31,33);1-2H3. The van der Waals surface area contributed by atoms with E-state index in [4.69, 9.17) is 16.3 Å². The molecule has 1 amide bonds. The van der Waals surface area contributed by atoms with Crippen LogP contribution in [0.25, 0.3) is 0 Å². The molecule has 0 radical (unpaired) electrons. The molecular weight excluding hydrogens is 509 g/mol. The summed E-state index contributed by atoms with van der Waals surface area (Å²) in [5, 5.41) is 1.09. The molecular formula is C29H37ClFN3O2S. The van der Waals surface area contributed by atoms with Crippen LogP contribution in [0.1, 0.15) is 104 Å². The minimum absolute atomic E-state index is 0.0812. The normalized spacial score (nSPS) is 20.2. The highest BCUT2D eigenvalue weighted by Crippen LogP contribution is 2.43. The van der Waals surface area contributed by atoms with Crippen molar-refractivity contribution in [3.8, 4) is 5.88 Å². The lowest BCUT2D eigenvalue weighted by Gasteiger charge is -2.32. The Labute approximate surface area is 229 Å². The zero-order valence-corrected chi connectivity index (χ0v) is 23.3. The first-order chi connectivity index (χ1) is 18.0. The highest BCUT2D eigenvalue weighted by atomic mass is 35.5. The van der Waals surface area contributed by atoms with Crippen molar-refractivity contribution in [3.63, 3.8) is 0 Å². The molecule has 1 aromatic carbocycles. The molecule has 8 heteroatoms. The number of piperidine rings is 1. The maximum absolute atomic E-state index is 15.0. The van der Waals surface area contributed by atoms with Gasteiger partial charge in [-0.3, -0.25) is 14.4 Å². The Bertz CT molecular complexity index is 1110. The van der Waals surface area contributed by atoms with Gasteiger partial charge in [0, 0.05) is 31.1 Å². The van der Waals surface area contributed by atoms with Crippen LogP contribution < -0.4 is 9.46 Å². The van der Waals surface area contributed by atoms with Gasteiger partial charge in [-0.15, -0.1) is 0 Å². The van der Waals surface area contributed by atoms with Crippen LogP contribution >= 0.6 is 23.5 Å². The number of halogens is 2. The first kappa shape index (κ1) is 26.8. The van der Waals surface area contributed by atoms with Crippen molar-refractivity contribution in [2.75, 3.05) is 13.1 Å². The van der Waals surface area contributed by atoms with Crippen molar-refractivity contribution in [2.24, 2.45) is 0 Å². The van der Waals surface area contributed by atoms with Crippen molar-refractivity contribution < 1.29 is 13.9 Å². The molecule has 3 aliphatic carbocycles. The van der Waals surface area contributed by atoms with E-state index in [1.165, 1.54) is 30.4 Å². The monoisotopic (exact) mass is 545 g/mol. The highest BCUT2D eigenvalue weighted by Gasteiger charge is 2.31. The number of hydrogen-bond donors (Lipinski definition) is 1. The van der Waals surface area contributed by atoms with Crippen LogP contribution in [0.15, 0.2) is 24.4 Å². The van der Waals surface area contributed by atoms with Crippen LogP contribution in [0.4, 0.5) is 4.39 Å². The molecule has 2 heterocycles. The summed E-state index contributed by atoms with van der Waals surface area (Å²) in [4.78, 5) is 19.4. The van der Waals surface area contributed by atoms with Crippen LogP contribution in [0, 0.1) is 5.82 Å². The second-order valence-corrected chi connectivity index (χ2v) is 12.0. The van der Waals surface area contributed by atoms with Crippen LogP contribution in [0.5, 0.6) is 5.88 Å². The van der Waals surface area contributed by atoms with Gasteiger partial charge in [-0.25, -0.2) is 9.37 Å². The maximum atomic E-state index is 15.0. The zero-order chi connectivity index (χ0) is 25.9. The topological polar surface area (TPSA) is 54.5 Å². The number of nitrogens with one attached hydrogen (secondary N) is 1. The Morgan fingerprint density at radius 3 is 2.41 bits per heavy atom. The summed E-state index contributed by atoms with van der Waals surface area (Å²) in [6.07, 6.45) is 10.6. The van der Waals surface area contributed by atoms with E-state index >= 15 is 0 Å². The third-order valence-corrected chi connectivity index (χ3v) is 8.80. The Morgan fingerprint density at radius 1 is 1.08 bits per heavy atom. The molecule has 3 saturated carbocycles. The summed E-state index contributed by atoms with van der Waals surface area (Å²) in [7, 11) is 0. The molecule has 6 rings (SSSR count). The number of aromatic nitrogens is 1. The van der Waals surface area contributed by atoms with E-state index < -0.39 is 5.82 Å². The molecule has 5 nitrogen and oxygen atoms in total. The third kappa shape index (κ3) is 6.98. The van der Waals surface area contributed by atoms with Gasteiger partial charge in [-0.05, 0) is 110 Å². The Balaban J connectivity index is 0.00000137. The number of ether oxygens (including phenoxy) is 1. The van der Waals surface area contributed by atoms with Gasteiger partial charge < -0.3 is 4.74 Å². The second-order valence-electron chi connectivity index (χ2n) is 10.5. The summed E-state index contributed by atoms with van der Waals surface area (Å²) in [6, 6.07) is 5.40. The summed E-state index contributed by atoms with van der Waals surface area (Å²) in [5.74, 6) is 0.852. The fourth-order valence-corrected chi connectivity index (χ4v) is 5.82. The molecule has 1 N–H and O–H groups in total.